The predicted molar refractivity (Wildman–Crippen MR) is 217 cm³/mol. The van der Waals surface area contributed by atoms with Gasteiger partial charge >= 0.3 is 0 Å². The molecule has 4 heteroatoms. The molecule has 0 bridgehead atoms. The number of benzene rings is 7. The quantitative estimate of drug-likeness (QED) is 0.175. The first-order valence-electron chi connectivity index (χ1n) is 18.1. The van der Waals surface area contributed by atoms with Crippen molar-refractivity contribution in [3.05, 3.63) is 187 Å². The van der Waals surface area contributed by atoms with E-state index in [0.29, 0.717) is 17.5 Å². The Morgan fingerprint density at radius 1 is 0.396 bits per heavy atom. The molecule has 0 atom stereocenters. The van der Waals surface area contributed by atoms with Crippen molar-refractivity contribution < 1.29 is 4.42 Å². The summed E-state index contributed by atoms with van der Waals surface area (Å²) < 4.78 is 6.20. The average Bonchev–Trinajstić information content (AvgIpc) is 3.63. The highest BCUT2D eigenvalue weighted by atomic mass is 16.3. The fourth-order valence-corrected chi connectivity index (χ4v) is 7.51. The maximum Gasteiger partial charge on any atom is 0.164 e. The molecular formula is C49H33N3O. The van der Waals surface area contributed by atoms with Crippen LogP contribution in [0.3, 0.4) is 0 Å². The van der Waals surface area contributed by atoms with Crippen LogP contribution in [0.1, 0.15) is 23.4 Å². The maximum absolute atomic E-state index is 6.20. The molecule has 10 rings (SSSR count). The van der Waals surface area contributed by atoms with Crippen molar-refractivity contribution in [1.82, 2.24) is 15.0 Å². The maximum atomic E-state index is 6.20. The Bertz CT molecular complexity index is 2700. The molecule has 0 spiro atoms. The molecule has 4 nitrogen and oxygen atoms in total. The third-order valence-corrected chi connectivity index (χ3v) is 10.3. The summed E-state index contributed by atoms with van der Waals surface area (Å²) in [6.07, 6.45) is 3.99. The van der Waals surface area contributed by atoms with Gasteiger partial charge in [0.25, 0.3) is 0 Å². The molecule has 0 N–H and O–H groups in total. The molecule has 250 valence electrons. The predicted octanol–water partition coefficient (Wildman–Crippen LogP) is 12.6. The van der Waals surface area contributed by atoms with E-state index in [-0.39, 0.29) is 0 Å². The Morgan fingerprint density at radius 2 is 0.925 bits per heavy atom. The van der Waals surface area contributed by atoms with E-state index in [9.17, 15) is 0 Å². The van der Waals surface area contributed by atoms with Crippen molar-refractivity contribution in [2.24, 2.45) is 0 Å². The number of fused-ring (bicyclic) bond motifs is 4. The van der Waals surface area contributed by atoms with Crippen LogP contribution in [-0.2, 0) is 6.42 Å². The molecule has 0 saturated heterocycles. The van der Waals surface area contributed by atoms with Crippen LogP contribution in [0.25, 0.3) is 89.7 Å². The van der Waals surface area contributed by atoms with Gasteiger partial charge in [0.1, 0.15) is 11.2 Å². The third kappa shape index (κ3) is 5.81. The summed E-state index contributed by atoms with van der Waals surface area (Å²) in [4.78, 5) is 15.3. The number of allylic oxidation sites excluding steroid dienone is 1. The zero-order valence-corrected chi connectivity index (χ0v) is 28.9. The Morgan fingerprint density at radius 3 is 1.58 bits per heavy atom. The van der Waals surface area contributed by atoms with Gasteiger partial charge in [-0.15, -0.1) is 0 Å². The molecule has 7 aromatic carbocycles. The van der Waals surface area contributed by atoms with Gasteiger partial charge < -0.3 is 4.42 Å². The summed E-state index contributed by atoms with van der Waals surface area (Å²) in [5, 5.41) is 2.30. The van der Waals surface area contributed by atoms with Gasteiger partial charge in [0.15, 0.2) is 17.5 Å². The normalized spacial score (nSPS) is 12.5. The topological polar surface area (TPSA) is 51.8 Å². The van der Waals surface area contributed by atoms with Gasteiger partial charge in [-0.05, 0) is 81.1 Å². The Balaban J connectivity index is 1.04. The first kappa shape index (κ1) is 30.9. The molecule has 0 saturated carbocycles. The third-order valence-electron chi connectivity index (χ3n) is 10.3. The summed E-state index contributed by atoms with van der Waals surface area (Å²) in [7, 11) is 0. The Hall–Kier alpha value is -6.91. The highest BCUT2D eigenvalue weighted by Crippen LogP contribution is 2.39. The second-order valence-corrected chi connectivity index (χ2v) is 13.6. The lowest BCUT2D eigenvalue weighted by Crippen LogP contribution is -2.06. The second kappa shape index (κ2) is 13.0. The lowest BCUT2D eigenvalue weighted by molar-refractivity contribution is 0.669. The number of hydrogen-bond donors (Lipinski definition) is 0. The van der Waals surface area contributed by atoms with E-state index < -0.39 is 0 Å². The van der Waals surface area contributed by atoms with Crippen LogP contribution in [0.5, 0.6) is 0 Å². The first-order valence-corrected chi connectivity index (χ1v) is 18.1. The molecule has 0 radical (unpaired) electrons. The SMILES string of the molecule is C1=C(c2nc(-c3ccc(-c4ccccc4)cc3)nc(-c3ccc(-c4ccccc4)cc3)n2)CCc2cc(-c3cccc4oc5ccccc5c34)ccc21. The average molecular weight is 680 g/mol. The molecule has 9 aromatic rings. The lowest BCUT2D eigenvalue weighted by atomic mass is 9.88. The number of rotatable bonds is 6. The highest BCUT2D eigenvalue weighted by molar-refractivity contribution is 6.12. The van der Waals surface area contributed by atoms with Crippen LogP contribution < -0.4 is 0 Å². The van der Waals surface area contributed by atoms with E-state index in [1.54, 1.807) is 0 Å². The molecular weight excluding hydrogens is 647 g/mol. The van der Waals surface area contributed by atoms with Crippen molar-refractivity contribution in [2.75, 3.05) is 0 Å². The number of para-hydroxylation sites is 1. The van der Waals surface area contributed by atoms with Crippen LogP contribution in [-0.4, -0.2) is 15.0 Å². The molecule has 0 unspecified atom stereocenters. The van der Waals surface area contributed by atoms with Crippen molar-refractivity contribution in [3.63, 3.8) is 0 Å². The number of aryl methyl sites for hydroxylation is 1. The number of hydrogen-bond acceptors (Lipinski definition) is 4. The summed E-state index contributed by atoms with van der Waals surface area (Å²) in [6, 6.07) is 59.3. The molecule has 0 amide bonds. The second-order valence-electron chi connectivity index (χ2n) is 13.6. The number of furan rings is 1. The van der Waals surface area contributed by atoms with Gasteiger partial charge in [-0.25, -0.2) is 15.0 Å². The van der Waals surface area contributed by atoms with Gasteiger partial charge in [0.2, 0.25) is 0 Å². The first-order chi connectivity index (χ1) is 26.2. The lowest BCUT2D eigenvalue weighted by Gasteiger charge is -2.18. The molecule has 1 aliphatic rings. The van der Waals surface area contributed by atoms with E-state index in [2.05, 4.69) is 152 Å². The van der Waals surface area contributed by atoms with Crippen molar-refractivity contribution in [2.45, 2.75) is 12.8 Å². The number of nitrogens with zero attached hydrogens (tertiary/aromatic N) is 3. The summed E-state index contributed by atoms with van der Waals surface area (Å²) in [5.41, 5.74) is 14.4. The molecule has 2 aromatic heterocycles. The molecule has 0 fully saturated rings. The van der Waals surface area contributed by atoms with Crippen molar-refractivity contribution >= 4 is 33.6 Å². The van der Waals surface area contributed by atoms with Gasteiger partial charge in [0, 0.05) is 21.9 Å². The summed E-state index contributed by atoms with van der Waals surface area (Å²) in [6.45, 7) is 0. The largest absolute Gasteiger partial charge is 0.456 e. The summed E-state index contributed by atoms with van der Waals surface area (Å²) in [5.74, 6) is 2.05. The van der Waals surface area contributed by atoms with E-state index in [1.807, 2.05) is 24.3 Å². The highest BCUT2D eigenvalue weighted by Gasteiger charge is 2.20. The zero-order valence-electron chi connectivity index (χ0n) is 28.9. The standard InChI is InChI=1S/C49H33N3O/c1-3-10-32(11-4-1)34-18-22-36(23-19-34)47-50-48(37-24-20-35(21-25-37)33-12-5-2-6-13-33)52-49(51-47)41-29-27-38-30-40(28-26-39(38)31-41)42-15-9-17-45-46(42)43-14-7-8-16-44(43)53-45/h1-26,28,30-31H,27,29H2. The zero-order chi connectivity index (χ0) is 35.1. The van der Waals surface area contributed by atoms with Crippen molar-refractivity contribution in [1.29, 1.82) is 0 Å². The van der Waals surface area contributed by atoms with Crippen LogP contribution in [0.2, 0.25) is 0 Å². The summed E-state index contributed by atoms with van der Waals surface area (Å²) >= 11 is 0. The van der Waals surface area contributed by atoms with Crippen LogP contribution in [0.15, 0.2) is 174 Å². The minimum Gasteiger partial charge on any atom is -0.456 e. The molecule has 1 aliphatic carbocycles. The van der Waals surface area contributed by atoms with Gasteiger partial charge in [0.05, 0.1) is 0 Å². The fourth-order valence-electron chi connectivity index (χ4n) is 7.51. The molecule has 53 heavy (non-hydrogen) atoms. The van der Waals surface area contributed by atoms with E-state index in [4.69, 9.17) is 19.4 Å². The Labute approximate surface area is 307 Å². The fraction of sp³-hybridized carbons (Fsp3) is 0.0408. The van der Waals surface area contributed by atoms with Crippen LogP contribution in [0, 0.1) is 0 Å². The van der Waals surface area contributed by atoms with Gasteiger partial charge in [-0.2, -0.15) is 0 Å². The monoisotopic (exact) mass is 679 g/mol. The van der Waals surface area contributed by atoms with E-state index in [0.717, 1.165) is 62.6 Å². The van der Waals surface area contributed by atoms with Gasteiger partial charge in [-0.1, -0.05) is 158 Å². The molecule has 0 aliphatic heterocycles. The Kier molecular flexibility index (Phi) is 7.58. The van der Waals surface area contributed by atoms with Crippen LogP contribution >= 0.6 is 0 Å². The minimum absolute atomic E-state index is 0.666. The van der Waals surface area contributed by atoms with E-state index >= 15 is 0 Å². The van der Waals surface area contributed by atoms with E-state index in [1.165, 1.54) is 33.4 Å². The minimum atomic E-state index is 0.666. The van der Waals surface area contributed by atoms with Crippen molar-refractivity contribution in [3.8, 4) is 56.2 Å². The smallest absolute Gasteiger partial charge is 0.164 e. The number of aromatic nitrogens is 3. The van der Waals surface area contributed by atoms with Gasteiger partial charge in [-0.3, -0.25) is 0 Å². The van der Waals surface area contributed by atoms with Crippen LogP contribution in [0.4, 0.5) is 0 Å². The molecule has 2 heterocycles.